The maximum absolute atomic E-state index is 11.3. The van der Waals surface area contributed by atoms with E-state index in [9.17, 15) is 4.79 Å². The maximum atomic E-state index is 11.3. The van der Waals surface area contributed by atoms with E-state index in [-0.39, 0.29) is 11.7 Å². The minimum Gasteiger partial charge on any atom is -0.299 e. The van der Waals surface area contributed by atoms with E-state index in [0.717, 1.165) is 10.8 Å². The predicted octanol–water partition coefficient (Wildman–Crippen LogP) is 2.18. The van der Waals surface area contributed by atoms with E-state index >= 15 is 0 Å². The van der Waals surface area contributed by atoms with E-state index < -0.39 is 0 Å². The van der Waals surface area contributed by atoms with Crippen LogP contribution in [0.15, 0.2) is 0 Å². The summed E-state index contributed by atoms with van der Waals surface area (Å²) in [6.07, 6.45) is 0. The zero-order chi connectivity index (χ0) is 10.0. The SMILES string of the molecule is CC(=O)C(c1nc(C)ns1)C(C)C. The fraction of sp³-hybridized carbons (Fsp3) is 0.667. The van der Waals surface area contributed by atoms with Crippen LogP contribution in [-0.2, 0) is 4.79 Å². The van der Waals surface area contributed by atoms with Crippen molar-refractivity contribution >= 4 is 17.3 Å². The topological polar surface area (TPSA) is 42.9 Å². The number of Topliss-reactive ketones (excluding diaryl/α,β-unsaturated/α-hetero) is 1. The van der Waals surface area contributed by atoms with Gasteiger partial charge in [-0.1, -0.05) is 13.8 Å². The molecule has 0 spiro atoms. The molecule has 0 N–H and O–H groups in total. The summed E-state index contributed by atoms with van der Waals surface area (Å²) < 4.78 is 4.08. The molecule has 0 saturated carbocycles. The summed E-state index contributed by atoms with van der Waals surface area (Å²) in [4.78, 5) is 15.6. The van der Waals surface area contributed by atoms with Crippen LogP contribution in [0.2, 0.25) is 0 Å². The Morgan fingerprint density at radius 2 is 2.08 bits per heavy atom. The van der Waals surface area contributed by atoms with E-state index in [2.05, 4.69) is 9.36 Å². The molecule has 1 atom stereocenters. The van der Waals surface area contributed by atoms with Crippen molar-refractivity contribution in [2.45, 2.75) is 33.6 Å². The lowest BCUT2D eigenvalue weighted by Crippen LogP contribution is -2.14. The predicted molar refractivity (Wildman–Crippen MR) is 52.9 cm³/mol. The third-order valence-corrected chi connectivity index (χ3v) is 2.80. The summed E-state index contributed by atoms with van der Waals surface area (Å²) in [5.41, 5.74) is 0. The van der Waals surface area contributed by atoms with Crippen LogP contribution in [0.5, 0.6) is 0 Å². The van der Waals surface area contributed by atoms with E-state index in [1.165, 1.54) is 11.5 Å². The summed E-state index contributed by atoms with van der Waals surface area (Å²) in [6.45, 7) is 7.52. The van der Waals surface area contributed by atoms with Crippen LogP contribution in [0, 0.1) is 12.8 Å². The van der Waals surface area contributed by atoms with Crippen LogP contribution in [0.1, 0.15) is 37.5 Å². The molecule has 72 valence electrons. The highest BCUT2D eigenvalue weighted by molar-refractivity contribution is 7.05. The highest BCUT2D eigenvalue weighted by Crippen LogP contribution is 2.26. The fourth-order valence-electron chi connectivity index (χ4n) is 1.37. The smallest absolute Gasteiger partial charge is 0.140 e. The van der Waals surface area contributed by atoms with Gasteiger partial charge >= 0.3 is 0 Å². The largest absolute Gasteiger partial charge is 0.299 e. The number of aryl methyl sites for hydroxylation is 1. The summed E-state index contributed by atoms with van der Waals surface area (Å²) in [7, 11) is 0. The molecule has 1 heterocycles. The Morgan fingerprint density at radius 1 is 1.46 bits per heavy atom. The van der Waals surface area contributed by atoms with Gasteiger partial charge in [0, 0.05) is 0 Å². The first kappa shape index (κ1) is 10.3. The monoisotopic (exact) mass is 198 g/mol. The molecule has 0 saturated heterocycles. The summed E-state index contributed by atoms with van der Waals surface area (Å²) in [6, 6.07) is 0. The van der Waals surface area contributed by atoms with Gasteiger partial charge in [-0.2, -0.15) is 4.37 Å². The minimum absolute atomic E-state index is 0.0776. The van der Waals surface area contributed by atoms with Gasteiger partial charge in [-0.25, -0.2) is 4.98 Å². The number of hydrogen-bond acceptors (Lipinski definition) is 4. The second kappa shape index (κ2) is 3.96. The van der Waals surface area contributed by atoms with E-state index in [4.69, 9.17) is 0 Å². The number of carbonyl (C=O) groups excluding carboxylic acids is 1. The zero-order valence-corrected chi connectivity index (χ0v) is 9.18. The van der Waals surface area contributed by atoms with Crippen LogP contribution in [0.25, 0.3) is 0 Å². The molecule has 0 radical (unpaired) electrons. The third-order valence-electron chi connectivity index (χ3n) is 1.91. The number of nitrogens with zero attached hydrogens (tertiary/aromatic N) is 2. The van der Waals surface area contributed by atoms with E-state index in [1.807, 2.05) is 20.8 Å². The number of carbonyl (C=O) groups is 1. The van der Waals surface area contributed by atoms with Crippen molar-refractivity contribution in [3.63, 3.8) is 0 Å². The van der Waals surface area contributed by atoms with Gasteiger partial charge in [-0.3, -0.25) is 4.79 Å². The molecule has 0 amide bonds. The van der Waals surface area contributed by atoms with Crippen LogP contribution < -0.4 is 0 Å². The summed E-state index contributed by atoms with van der Waals surface area (Å²) in [5.74, 6) is 1.15. The molecule has 1 rings (SSSR count). The lowest BCUT2D eigenvalue weighted by atomic mass is 9.93. The molecule has 0 aliphatic heterocycles. The van der Waals surface area contributed by atoms with Crippen molar-refractivity contribution in [2.75, 3.05) is 0 Å². The molecule has 0 aromatic carbocycles. The Kier molecular flexibility index (Phi) is 3.14. The number of aromatic nitrogens is 2. The fourth-order valence-corrected chi connectivity index (χ4v) is 2.36. The van der Waals surface area contributed by atoms with Gasteiger partial charge in [-0.05, 0) is 31.3 Å². The minimum atomic E-state index is -0.0776. The molecule has 4 heteroatoms. The molecule has 1 aromatic heterocycles. The molecule has 0 fully saturated rings. The van der Waals surface area contributed by atoms with Crippen molar-refractivity contribution in [1.82, 2.24) is 9.36 Å². The summed E-state index contributed by atoms with van der Waals surface area (Å²) >= 11 is 1.33. The van der Waals surface area contributed by atoms with Gasteiger partial charge < -0.3 is 0 Å². The Bertz CT molecular complexity index is 306. The molecule has 0 aliphatic rings. The van der Waals surface area contributed by atoms with E-state index in [0.29, 0.717) is 5.92 Å². The van der Waals surface area contributed by atoms with Crippen molar-refractivity contribution in [1.29, 1.82) is 0 Å². The first-order valence-corrected chi connectivity index (χ1v) is 5.10. The van der Waals surface area contributed by atoms with Crippen LogP contribution >= 0.6 is 11.5 Å². The Morgan fingerprint density at radius 3 is 2.38 bits per heavy atom. The van der Waals surface area contributed by atoms with Gasteiger partial charge in [0.05, 0.1) is 5.92 Å². The highest BCUT2D eigenvalue weighted by Gasteiger charge is 2.23. The average molecular weight is 198 g/mol. The molecular weight excluding hydrogens is 184 g/mol. The maximum Gasteiger partial charge on any atom is 0.140 e. The van der Waals surface area contributed by atoms with E-state index in [1.54, 1.807) is 6.92 Å². The molecule has 13 heavy (non-hydrogen) atoms. The molecule has 0 bridgehead atoms. The van der Waals surface area contributed by atoms with Crippen molar-refractivity contribution in [3.05, 3.63) is 10.8 Å². The Hall–Kier alpha value is -0.770. The van der Waals surface area contributed by atoms with Gasteiger partial charge in [0.1, 0.15) is 16.6 Å². The lowest BCUT2D eigenvalue weighted by Gasteiger charge is -2.13. The van der Waals surface area contributed by atoms with Crippen LogP contribution in [0.4, 0.5) is 0 Å². The second-order valence-electron chi connectivity index (χ2n) is 3.51. The molecule has 3 nitrogen and oxygen atoms in total. The third kappa shape index (κ3) is 2.34. The summed E-state index contributed by atoms with van der Waals surface area (Å²) in [5, 5.41) is 0.847. The van der Waals surface area contributed by atoms with Gasteiger partial charge in [0.2, 0.25) is 0 Å². The lowest BCUT2D eigenvalue weighted by molar-refractivity contribution is -0.119. The van der Waals surface area contributed by atoms with Crippen molar-refractivity contribution in [2.24, 2.45) is 5.92 Å². The van der Waals surface area contributed by atoms with Gasteiger partial charge in [0.15, 0.2) is 0 Å². The van der Waals surface area contributed by atoms with Gasteiger partial charge in [-0.15, -0.1) is 0 Å². The highest BCUT2D eigenvalue weighted by atomic mass is 32.1. The normalized spacial score (nSPS) is 13.3. The molecule has 1 aromatic rings. The number of rotatable bonds is 3. The molecular formula is C9H14N2OS. The standard InChI is InChI=1S/C9H14N2OS/c1-5(2)8(6(3)12)9-10-7(4)11-13-9/h5,8H,1-4H3. The van der Waals surface area contributed by atoms with Crippen molar-refractivity contribution < 1.29 is 4.79 Å². The Balaban J connectivity index is 2.95. The quantitative estimate of drug-likeness (QED) is 0.747. The first-order chi connectivity index (χ1) is 6.02. The Labute approximate surface area is 82.4 Å². The second-order valence-corrected chi connectivity index (χ2v) is 4.30. The molecule has 1 unspecified atom stereocenters. The average Bonchev–Trinajstić information content (AvgIpc) is 2.34. The first-order valence-electron chi connectivity index (χ1n) is 4.33. The number of hydrogen-bond donors (Lipinski definition) is 0. The zero-order valence-electron chi connectivity index (χ0n) is 8.37. The van der Waals surface area contributed by atoms with Crippen LogP contribution in [0.3, 0.4) is 0 Å². The molecule has 0 aliphatic carbocycles. The number of ketones is 1. The van der Waals surface area contributed by atoms with Crippen molar-refractivity contribution in [3.8, 4) is 0 Å². The van der Waals surface area contributed by atoms with Crippen LogP contribution in [-0.4, -0.2) is 15.1 Å². The van der Waals surface area contributed by atoms with Gasteiger partial charge in [0.25, 0.3) is 0 Å².